The van der Waals surface area contributed by atoms with E-state index in [-0.39, 0.29) is 11.5 Å². The molecule has 0 fully saturated rings. The van der Waals surface area contributed by atoms with E-state index in [1.165, 1.54) is 6.07 Å². The van der Waals surface area contributed by atoms with Crippen molar-refractivity contribution in [2.45, 2.75) is 11.5 Å². The highest BCUT2D eigenvalue weighted by Crippen LogP contribution is 2.26. The molecule has 2 aromatic carbocycles. The lowest BCUT2D eigenvalue weighted by atomic mass is 10.2. The Morgan fingerprint density at radius 3 is 2.10 bits per heavy atom. The van der Waals surface area contributed by atoms with Crippen LogP contribution < -0.4 is 0 Å². The Morgan fingerprint density at radius 2 is 1.48 bits per heavy atom. The van der Waals surface area contributed by atoms with Crippen LogP contribution in [0.1, 0.15) is 11.1 Å². The van der Waals surface area contributed by atoms with Crippen molar-refractivity contribution >= 4 is 56.2 Å². The van der Waals surface area contributed by atoms with Gasteiger partial charge in [-0.15, -0.1) is 0 Å². The number of benzene rings is 2. The normalized spacial score (nSPS) is 11.6. The molecule has 0 heterocycles. The first-order chi connectivity index (χ1) is 9.77. The standard InChI is InChI=1S/C14H10Cl4O2S/c15-11-3-2-10(13(17)6-11)8-21(19,20)7-9-1-4-12(16)14(18)5-9/h1-6H,7-8H2. The number of hydrogen-bond acceptors (Lipinski definition) is 2. The largest absolute Gasteiger partial charge is 0.228 e. The highest BCUT2D eigenvalue weighted by atomic mass is 35.5. The van der Waals surface area contributed by atoms with Gasteiger partial charge in [0, 0.05) is 10.0 Å². The summed E-state index contributed by atoms with van der Waals surface area (Å²) in [6.45, 7) is 0. The van der Waals surface area contributed by atoms with Crippen molar-refractivity contribution in [1.82, 2.24) is 0 Å². The molecular weight excluding hydrogens is 374 g/mol. The summed E-state index contributed by atoms with van der Waals surface area (Å²) in [6, 6.07) is 9.49. The molecule has 112 valence electrons. The minimum Gasteiger partial charge on any atom is -0.228 e. The summed E-state index contributed by atoms with van der Waals surface area (Å²) in [5, 5.41) is 1.51. The molecular formula is C14H10Cl4O2S. The van der Waals surface area contributed by atoms with Gasteiger partial charge in [0.2, 0.25) is 0 Å². The lowest BCUT2D eigenvalue weighted by Crippen LogP contribution is -2.08. The highest BCUT2D eigenvalue weighted by molar-refractivity contribution is 7.89. The molecule has 2 nitrogen and oxygen atoms in total. The second-order valence-corrected chi connectivity index (χ2v) is 8.24. The first-order valence-corrected chi connectivity index (χ1v) is 9.18. The molecule has 0 saturated heterocycles. The maximum Gasteiger partial charge on any atom is 0.158 e. The lowest BCUT2D eigenvalue weighted by Gasteiger charge is -2.08. The van der Waals surface area contributed by atoms with Gasteiger partial charge >= 0.3 is 0 Å². The zero-order chi connectivity index (χ0) is 15.6. The molecule has 0 aliphatic heterocycles. The fourth-order valence-electron chi connectivity index (χ4n) is 1.81. The molecule has 0 unspecified atom stereocenters. The molecule has 21 heavy (non-hydrogen) atoms. The number of sulfone groups is 1. The fraction of sp³-hybridized carbons (Fsp3) is 0.143. The molecule has 2 rings (SSSR count). The van der Waals surface area contributed by atoms with Gasteiger partial charge in [-0.1, -0.05) is 58.5 Å². The van der Waals surface area contributed by atoms with Gasteiger partial charge in [-0.3, -0.25) is 0 Å². The molecule has 0 amide bonds. The second kappa shape index (κ2) is 6.76. The van der Waals surface area contributed by atoms with Crippen LogP contribution >= 0.6 is 46.4 Å². The first kappa shape index (κ1) is 16.9. The number of halogens is 4. The Labute approximate surface area is 143 Å². The fourth-order valence-corrected chi connectivity index (χ4v) is 4.20. The second-order valence-electron chi connectivity index (χ2n) is 4.52. The maximum absolute atomic E-state index is 12.2. The summed E-state index contributed by atoms with van der Waals surface area (Å²) >= 11 is 23.5. The van der Waals surface area contributed by atoms with E-state index in [2.05, 4.69) is 0 Å². The van der Waals surface area contributed by atoms with Crippen LogP contribution in [-0.2, 0) is 21.3 Å². The third kappa shape index (κ3) is 4.76. The van der Waals surface area contributed by atoms with Crippen molar-refractivity contribution < 1.29 is 8.42 Å². The van der Waals surface area contributed by atoms with Gasteiger partial charge in [0.25, 0.3) is 0 Å². The molecule has 2 aromatic rings. The Balaban J connectivity index is 2.20. The number of hydrogen-bond donors (Lipinski definition) is 0. The van der Waals surface area contributed by atoms with E-state index >= 15 is 0 Å². The lowest BCUT2D eigenvalue weighted by molar-refractivity contribution is 0.594. The van der Waals surface area contributed by atoms with Crippen LogP contribution in [0.4, 0.5) is 0 Å². The van der Waals surface area contributed by atoms with Crippen molar-refractivity contribution in [3.63, 3.8) is 0 Å². The highest BCUT2D eigenvalue weighted by Gasteiger charge is 2.16. The van der Waals surface area contributed by atoms with E-state index in [0.29, 0.717) is 31.2 Å². The molecule has 0 radical (unpaired) electrons. The van der Waals surface area contributed by atoms with Gasteiger partial charge in [0.15, 0.2) is 9.84 Å². The minimum atomic E-state index is -3.38. The van der Waals surface area contributed by atoms with Crippen LogP contribution in [0, 0.1) is 0 Å². The van der Waals surface area contributed by atoms with Crippen LogP contribution in [0.2, 0.25) is 20.1 Å². The van der Waals surface area contributed by atoms with Crippen molar-refractivity contribution in [1.29, 1.82) is 0 Å². The summed E-state index contributed by atoms with van der Waals surface area (Å²) in [5.41, 5.74) is 1.09. The SMILES string of the molecule is O=S(=O)(Cc1ccc(Cl)c(Cl)c1)Cc1ccc(Cl)cc1Cl. The van der Waals surface area contributed by atoms with E-state index < -0.39 is 9.84 Å². The Morgan fingerprint density at radius 1 is 0.762 bits per heavy atom. The maximum atomic E-state index is 12.2. The molecule has 7 heteroatoms. The molecule has 0 aliphatic rings. The van der Waals surface area contributed by atoms with Gasteiger partial charge < -0.3 is 0 Å². The zero-order valence-electron chi connectivity index (χ0n) is 10.6. The third-order valence-electron chi connectivity index (χ3n) is 2.76. The van der Waals surface area contributed by atoms with Gasteiger partial charge in [-0.05, 0) is 35.4 Å². The molecule has 0 bridgehead atoms. The van der Waals surface area contributed by atoms with Gasteiger partial charge in [0.1, 0.15) is 0 Å². The average molecular weight is 384 g/mol. The molecule has 0 aromatic heterocycles. The third-order valence-corrected chi connectivity index (χ3v) is 5.61. The van der Waals surface area contributed by atoms with Gasteiger partial charge in [-0.2, -0.15) is 0 Å². The van der Waals surface area contributed by atoms with Crippen molar-refractivity contribution in [2.24, 2.45) is 0 Å². The Bertz CT molecular complexity index is 773. The molecule has 0 spiro atoms. The summed E-state index contributed by atoms with van der Waals surface area (Å²) in [6.07, 6.45) is 0. The topological polar surface area (TPSA) is 34.1 Å². The van der Waals surface area contributed by atoms with Crippen LogP contribution in [0.25, 0.3) is 0 Å². The molecule has 0 saturated carbocycles. The van der Waals surface area contributed by atoms with Crippen LogP contribution in [0.5, 0.6) is 0 Å². The Hall–Kier alpha value is -0.450. The van der Waals surface area contributed by atoms with Gasteiger partial charge in [0.05, 0.1) is 21.6 Å². The van der Waals surface area contributed by atoms with E-state index in [1.54, 1.807) is 30.3 Å². The minimum absolute atomic E-state index is 0.136. The summed E-state index contributed by atoms with van der Waals surface area (Å²) in [4.78, 5) is 0. The predicted octanol–water partition coefficient (Wildman–Crippen LogP) is 5.42. The first-order valence-electron chi connectivity index (χ1n) is 5.85. The van der Waals surface area contributed by atoms with E-state index in [0.717, 1.165) is 0 Å². The monoisotopic (exact) mass is 382 g/mol. The molecule has 0 aliphatic carbocycles. The van der Waals surface area contributed by atoms with E-state index in [4.69, 9.17) is 46.4 Å². The summed E-state index contributed by atoms with van der Waals surface area (Å²) < 4.78 is 24.5. The van der Waals surface area contributed by atoms with Crippen molar-refractivity contribution in [2.75, 3.05) is 0 Å². The van der Waals surface area contributed by atoms with Gasteiger partial charge in [-0.25, -0.2) is 8.42 Å². The quantitative estimate of drug-likeness (QED) is 0.706. The van der Waals surface area contributed by atoms with E-state index in [9.17, 15) is 8.42 Å². The van der Waals surface area contributed by atoms with Crippen LogP contribution in [0.15, 0.2) is 36.4 Å². The van der Waals surface area contributed by atoms with Crippen molar-refractivity contribution in [3.8, 4) is 0 Å². The van der Waals surface area contributed by atoms with Crippen molar-refractivity contribution in [3.05, 3.63) is 67.6 Å². The summed E-state index contributed by atoms with van der Waals surface area (Å²) in [5.74, 6) is -0.300. The summed E-state index contributed by atoms with van der Waals surface area (Å²) in [7, 11) is -3.38. The predicted molar refractivity (Wildman–Crippen MR) is 89.3 cm³/mol. The van der Waals surface area contributed by atoms with Crippen LogP contribution in [-0.4, -0.2) is 8.42 Å². The molecule has 0 atom stereocenters. The van der Waals surface area contributed by atoms with Crippen LogP contribution in [0.3, 0.4) is 0 Å². The zero-order valence-corrected chi connectivity index (χ0v) is 14.5. The average Bonchev–Trinajstić information content (AvgIpc) is 2.37. The van der Waals surface area contributed by atoms with E-state index in [1.807, 2.05) is 0 Å². The molecule has 0 N–H and O–H groups in total. The smallest absolute Gasteiger partial charge is 0.158 e. The number of rotatable bonds is 4. The Kier molecular flexibility index (Phi) is 5.44.